The third kappa shape index (κ3) is 2.15. The van der Waals surface area contributed by atoms with E-state index in [9.17, 15) is 9.59 Å². The number of nitrogens with one attached hydrogen (secondary N) is 1. The number of halogens is 1. The molecule has 0 aromatic heterocycles. The monoisotopic (exact) mass is 326 g/mol. The first-order chi connectivity index (χ1) is 9.04. The van der Waals surface area contributed by atoms with Gasteiger partial charge in [-0.15, -0.1) is 0 Å². The molecule has 102 valence electrons. The predicted molar refractivity (Wildman–Crippen MR) is 73.6 cm³/mol. The molecule has 1 aliphatic heterocycles. The SMILES string of the molecule is COC1(C(Br)c2ccccc2)C(=O)NCC(=O)N1C. The van der Waals surface area contributed by atoms with E-state index in [1.165, 1.54) is 12.0 Å². The standard InChI is InChI=1S/C13H15BrN2O3/c1-16-10(17)8-15-12(18)13(16,19-2)11(14)9-6-4-3-5-7-9/h3-7,11H,8H2,1-2H3,(H,15,18). The van der Waals surface area contributed by atoms with Gasteiger partial charge in [-0.25, -0.2) is 0 Å². The molecular weight excluding hydrogens is 312 g/mol. The topological polar surface area (TPSA) is 58.6 Å². The highest BCUT2D eigenvalue weighted by Crippen LogP contribution is 2.40. The molecule has 0 saturated carbocycles. The van der Waals surface area contributed by atoms with Crippen molar-refractivity contribution in [1.29, 1.82) is 0 Å². The van der Waals surface area contributed by atoms with E-state index in [0.717, 1.165) is 5.56 Å². The fraction of sp³-hybridized carbons (Fsp3) is 0.385. The molecule has 2 amide bonds. The average Bonchev–Trinajstić information content (AvgIpc) is 2.45. The maximum absolute atomic E-state index is 12.3. The second-order valence-corrected chi connectivity index (χ2v) is 5.22. The van der Waals surface area contributed by atoms with Gasteiger partial charge in [-0.3, -0.25) is 9.59 Å². The van der Waals surface area contributed by atoms with Crippen LogP contribution in [0.1, 0.15) is 10.4 Å². The maximum atomic E-state index is 12.3. The number of ether oxygens (including phenoxy) is 1. The molecule has 2 atom stereocenters. The van der Waals surface area contributed by atoms with Crippen LogP contribution in [0.2, 0.25) is 0 Å². The number of carbonyl (C=O) groups is 2. The molecule has 5 nitrogen and oxygen atoms in total. The molecule has 1 N–H and O–H groups in total. The Bertz CT molecular complexity index is 494. The van der Waals surface area contributed by atoms with Crippen molar-refractivity contribution in [2.45, 2.75) is 10.6 Å². The van der Waals surface area contributed by atoms with Crippen molar-refractivity contribution in [2.24, 2.45) is 0 Å². The van der Waals surface area contributed by atoms with Crippen LogP contribution < -0.4 is 5.32 Å². The van der Waals surface area contributed by atoms with E-state index in [1.807, 2.05) is 30.3 Å². The van der Waals surface area contributed by atoms with Crippen molar-refractivity contribution >= 4 is 27.7 Å². The van der Waals surface area contributed by atoms with Crippen molar-refractivity contribution in [2.75, 3.05) is 20.7 Å². The van der Waals surface area contributed by atoms with Crippen LogP contribution in [-0.2, 0) is 14.3 Å². The second-order valence-electron chi connectivity index (χ2n) is 4.31. The molecule has 1 aliphatic rings. The number of piperazine rings is 1. The van der Waals surface area contributed by atoms with Crippen LogP contribution in [0, 0.1) is 0 Å². The summed E-state index contributed by atoms with van der Waals surface area (Å²) in [5.41, 5.74) is -0.516. The summed E-state index contributed by atoms with van der Waals surface area (Å²) in [6, 6.07) is 9.38. The maximum Gasteiger partial charge on any atom is 0.275 e. The van der Waals surface area contributed by atoms with E-state index in [0.29, 0.717) is 0 Å². The molecule has 2 unspecified atom stereocenters. The van der Waals surface area contributed by atoms with Crippen LogP contribution >= 0.6 is 15.9 Å². The lowest BCUT2D eigenvalue weighted by molar-refractivity contribution is -0.184. The zero-order valence-corrected chi connectivity index (χ0v) is 12.3. The summed E-state index contributed by atoms with van der Waals surface area (Å²) in [7, 11) is 2.99. The number of methoxy groups -OCH3 is 1. The minimum absolute atomic E-state index is 0.00501. The van der Waals surface area contributed by atoms with Gasteiger partial charge >= 0.3 is 0 Å². The summed E-state index contributed by atoms with van der Waals surface area (Å²) in [6.45, 7) is -0.00501. The Kier molecular flexibility index (Phi) is 3.91. The zero-order chi connectivity index (χ0) is 14.0. The highest BCUT2D eigenvalue weighted by atomic mass is 79.9. The van der Waals surface area contributed by atoms with Crippen LogP contribution in [0.3, 0.4) is 0 Å². The molecule has 1 aromatic rings. The Morgan fingerprint density at radius 1 is 1.37 bits per heavy atom. The molecule has 1 aromatic carbocycles. The largest absolute Gasteiger partial charge is 0.349 e. The van der Waals surface area contributed by atoms with Crippen LogP contribution in [0.5, 0.6) is 0 Å². The Morgan fingerprint density at radius 2 is 2.00 bits per heavy atom. The smallest absolute Gasteiger partial charge is 0.275 e. The first kappa shape index (κ1) is 14.0. The van der Waals surface area contributed by atoms with Gasteiger partial charge in [0, 0.05) is 14.2 Å². The van der Waals surface area contributed by atoms with E-state index in [1.54, 1.807) is 7.05 Å². The Hall–Kier alpha value is -1.40. The summed E-state index contributed by atoms with van der Waals surface area (Å²) >= 11 is 3.49. The predicted octanol–water partition coefficient (Wildman–Crippen LogP) is 1.05. The van der Waals surface area contributed by atoms with E-state index in [2.05, 4.69) is 21.2 Å². The first-order valence-electron chi connectivity index (χ1n) is 5.83. The van der Waals surface area contributed by atoms with Gasteiger partial charge in [0.15, 0.2) is 0 Å². The van der Waals surface area contributed by atoms with Gasteiger partial charge in [0.25, 0.3) is 5.91 Å². The van der Waals surface area contributed by atoms with Gasteiger partial charge < -0.3 is 15.0 Å². The highest BCUT2D eigenvalue weighted by molar-refractivity contribution is 9.09. The molecular formula is C13H15BrN2O3. The lowest BCUT2D eigenvalue weighted by Gasteiger charge is -2.45. The molecule has 0 aliphatic carbocycles. The van der Waals surface area contributed by atoms with Crippen LogP contribution in [0.15, 0.2) is 30.3 Å². The van der Waals surface area contributed by atoms with Crippen molar-refractivity contribution in [3.63, 3.8) is 0 Å². The molecule has 1 saturated heterocycles. The number of carbonyl (C=O) groups excluding carboxylic acids is 2. The van der Waals surface area contributed by atoms with Crippen molar-refractivity contribution in [3.05, 3.63) is 35.9 Å². The van der Waals surface area contributed by atoms with Gasteiger partial charge in [0.2, 0.25) is 11.6 Å². The number of nitrogens with zero attached hydrogens (tertiary/aromatic N) is 1. The van der Waals surface area contributed by atoms with Gasteiger partial charge in [-0.05, 0) is 5.56 Å². The average molecular weight is 327 g/mol. The molecule has 1 heterocycles. The summed E-state index contributed by atoms with van der Waals surface area (Å²) in [4.78, 5) is 25.0. The van der Waals surface area contributed by atoms with Crippen molar-refractivity contribution in [3.8, 4) is 0 Å². The lowest BCUT2D eigenvalue weighted by atomic mass is 9.98. The molecule has 0 spiro atoms. The number of rotatable bonds is 3. The molecule has 19 heavy (non-hydrogen) atoms. The number of amides is 2. The number of hydrogen-bond acceptors (Lipinski definition) is 3. The van der Waals surface area contributed by atoms with E-state index in [-0.39, 0.29) is 18.4 Å². The second kappa shape index (κ2) is 5.30. The Labute approximate surface area is 120 Å². The lowest BCUT2D eigenvalue weighted by Crippen LogP contribution is -2.68. The summed E-state index contributed by atoms with van der Waals surface area (Å²) in [5.74, 6) is -0.523. The van der Waals surface area contributed by atoms with Gasteiger partial charge in [0.05, 0.1) is 11.4 Å². The molecule has 1 fully saturated rings. The zero-order valence-electron chi connectivity index (χ0n) is 10.7. The van der Waals surface area contributed by atoms with Crippen LogP contribution in [-0.4, -0.2) is 43.1 Å². The van der Waals surface area contributed by atoms with E-state index in [4.69, 9.17) is 4.74 Å². The minimum atomic E-state index is -1.38. The van der Waals surface area contributed by atoms with Crippen molar-refractivity contribution < 1.29 is 14.3 Å². The Morgan fingerprint density at radius 3 is 2.58 bits per heavy atom. The highest BCUT2D eigenvalue weighted by Gasteiger charge is 2.53. The van der Waals surface area contributed by atoms with E-state index >= 15 is 0 Å². The summed E-state index contributed by atoms with van der Waals surface area (Å²) < 4.78 is 5.44. The van der Waals surface area contributed by atoms with Crippen LogP contribution in [0.4, 0.5) is 0 Å². The number of hydrogen-bond donors (Lipinski definition) is 1. The molecule has 6 heteroatoms. The molecule has 0 radical (unpaired) electrons. The van der Waals surface area contributed by atoms with E-state index < -0.39 is 10.6 Å². The van der Waals surface area contributed by atoms with Gasteiger partial charge in [-0.1, -0.05) is 46.3 Å². The number of likely N-dealkylation sites (N-methyl/N-ethyl adjacent to an activating group) is 1. The Balaban J connectivity index is 2.46. The van der Waals surface area contributed by atoms with Gasteiger partial charge in [-0.2, -0.15) is 0 Å². The third-order valence-corrected chi connectivity index (χ3v) is 4.49. The van der Waals surface area contributed by atoms with Crippen LogP contribution in [0.25, 0.3) is 0 Å². The number of benzene rings is 1. The minimum Gasteiger partial charge on any atom is -0.349 e. The normalized spacial score (nSPS) is 25.1. The fourth-order valence-electron chi connectivity index (χ4n) is 2.20. The number of alkyl halides is 1. The molecule has 0 bridgehead atoms. The fourth-order valence-corrected chi connectivity index (χ4v) is 3.21. The quantitative estimate of drug-likeness (QED) is 0.845. The summed E-state index contributed by atoms with van der Waals surface area (Å²) in [5, 5.41) is 2.57. The van der Waals surface area contributed by atoms with Gasteiger partial charge in [0.1, 0.15) is 0 Å². The summed E-state index contributed by atoms with van der Waals surface area (Å²) in [6.07, 6.45) is 0. The molecule has 2 rings (SSSR count). The van der Waals surface area contributed by atoms with Crippen molar-refractivity contribution in [1.82, 2.24) is 10.2 Å². The first-order valence-corrected chi connectivity index (χ1v) is 6.74. The third-order valence-electron chi connectivity index (χ3n) is 3.34.